The van der Waals surface area contributed by atoms with Crippen molar-refractivity contribution < 1.29 is 0 Å². The highest BCUT2D eigenvalue weighted by atomic mass is 15.2. The summed E-state index contributed by atoms with van der Waals surface area (Å²) < 4.78 is 0. The average Bonchev–Trinajstić information content (AvgIpc) is 2.33. The molecule has 2 heteroatoms. The Kier molecular flexibility index (Phi) is 3.91. The van der Waals surface area contributed by atoms with Crippen molar-refractivity contribution in [3.05, 3.63) is 28.8 Å². The molecule has 1 aliphatic rings. The van der Waals surface area contributed by atoms with Gasteiger partial charge in [0.25, 0.3) is 0 Å². The van der Waals surface area contributed by atoms with Crippen LogP contribution in [0.2, 0.25) is 0 Å². The maximum absolute atomic E-state index is 5.86. The smallest absolute Gasteiger partial charge is 0.0408 e. The second-order valence-electron chi connectivity index (χ2n) is 6.61. The standard InChI is InChI=1S/C17H28N2/c1-6-7-19-16-8-12(2)14(11-18)9-15(16)13(3)10-17(19,4)5/h8-9,13H,6-7,10-11,18H2,1-5H3. The van der Waals surface area contributed by atoms with Crippen LogP contribution >= 0.6 is 0 Å². The minimum atomic E-state index is 0.249. The number of fused-ring (bicyclic) bond motifs is 1. The summed E-state index contributed by atoms with van der Waals surface area (Å²) in [6.07, 6.45) is 2.40. The summed E-state index contributed by atoms with van der Waals surface area (Å²) in [4.78, 5) is 2.59. The molecular weight excluding hydrogens is 232 g/mol. The summed E-state index contributed by atoms with van der Waals surface area (Å²) in [5.41, 5.74) is 11.6. The van der Waals surface area contributed by atoms with Crippen LogP contribution in [-0.4, -0.2) is 12.1 Å². The van der Waals surface area contributed by atoms with E-state index in [9.17, 15) is 0 Å². The van der Waals surface area contributed by atoms with Gasteiger partial charge < -0.3 is 10.6 Å². The van der Waals surface area contributed by atoms with E-state index in [-0.39, 0.29) is 5.54 Å². The minimum Gasteiger partial charge on any atom is -0.366 e. The van der Waals surface area contributed by atoms with Crippen LogP contribution in [0.15, 0.2) is 12.1 Å². The molecule has 0 amide bonds. The number of anilines is 1. The van der Waals surface area contributed by atoms with E-state index < -0.39 is 0 Å². The molecule has 0 radical (unpaired) electrons. The molecule has 1 heterocycles. The van der Waals surface area contributed by atoms with Gasteiger partial charge in [-0.2, -0.15) is 0 Å². The Morgan fingerprint density at radius 3 is 2.63 bits per heavy atom. The predicted molar refractivity (Wildman–Crippen MR) is 83.8 cm³/mol. The predicted octanol–water partition coefficient (Wildman–Crippen LogP) is 3.96. The van der Waals surface area contributed by atoms with Gasteiger partial charge in [-0.05, 0) is 62.3 Å². The Bertz CT molecular complexity index is 463. The summed E-state index contributed by atoms with van der Waals surface area (Å²) in [7, 11) is 0. The number of hydrogen-bond donors (Lipinski definition) is 1. The van der Waals surface area contributed by atoms with Crippen LogP contribution in [0.3, 0.4) is 0 Å². The molecule has 1 unspecified atom stereocenters. The van der Waals surface area contributed by atoms with Crippen molar-refractivity contribution in [2.45, 2.75) is 65.5 Å². The molecule has 0 fully saturated rings. The van der Waals surface area contributed by atoms with Gasteiger partial charge >= 0.3 is 0 Å². The number of aryl methyl sites for hydroxylation is 1. The lowest BCUT2D eigenvalue weighted by molar-refractivity contribution is 0.376. The van der Waals surface area contributed by atoms with Crippen molar-refractivity contribution in [3.63, 3.8) is 0 Å². The van der Waals surface area contributed by atoms with E-state index in [1.165, 1.54) is 35.2 Å². The largest absolute Gasteiger partial charge is 0.366 e. The van der Waals surface area contributed by atoms with Gasteiger partial charge in [0.1, 0.15) is 0 Å². The Balaban J connectivity index is 2.55. The lowest BCUT2D eigenvalue weighted by atomic mass is 9.79. The highest BCUT2D eigenvalue weighted by Crippen LogP contribution is 2.44. The lowest BCUT2D eigenvalue weighted by Crippen LogP contribution is -2.48. The molecule has 0 aromatic heterocycles. The highest BCUT2D eigenvalue weighted by Gasteiger charge is 2.35. The highest BCUT2D eigenvalue weighted by molar-refractivity contribution is 5.62. The molecular formula is C17H28N2. The lowest BCUT2D eigenvalue weighted by Gasteiger charge is -2.48. The topological polar surface area (TPSA) is 29.3 Å². The van der Waals surface area contributed by atoms with Crippen molar-refractivity contribution in [2.24, 2.45) is 5.73 Å². The van der Waals surface area contributed by atoms with Gasteiger partial charge in [-0.1, -0.05) is 19.9 Å². The number of benzene rings is 1. The third kappa shape index (κ3) is 2.51. The second-order valence-corrected chi connectivity index (χ2v) is 6.61. The Morgan fingerprint density at radius 1 is 1.37 bits per heavy atom. The SMILES string of the molecule is CCCN1c2cc(C)c(CN)cc2C(C)CC1(C)C. The maximum atomic E-state index is 5.86. The zero-order valence-electron chi connectivity index (χ0n) is 13.1. The molecule has 1 aromatic rings. The van der Waals surface area contributed by atoms with Gasteiger partial charge in [0.05, 0.1) is 0 Å². The van der Waals surface area contributed by atoms with Gasteiger partial charge in [-0.3, -0.25) is 0 Å². The van der Waals surface area contributed by atoms with E-state index in [4.69, 9.17) is 5.73 Å². The normalized spacial score (nSPS) is 21.4. The minimum absolute atomic E-state index is 0.249. The van der Waals surface area contributed by atoms with Gasteiger partial charge in [0.15, 0.2) is 0 Å². The molecule has 0 spiro atoms. The van der Waals surface area contributed by atoms with Crippen molar-refractivity contribution in [1.82, 2.24) is 0 Å². The fourth-order valence-corrected chi connectivity index (χ4v) is 3.55. The van der Waals surface area contributed by atoms with Crippen LogP contribution < -0.4 is 10.6 Å². The van der Waals surface area contributed by atoms with Gasteiger partial charge in [0.2, 0.25) is 0 Å². The van der Waals surface area contributed by atoms with Crippen LogP contribution in [0.4, 0.5) is 5.69 Å². The molecule has 2 nitrogen and oxygen atoms in total. The molecule has 0 bridgehead atoms. The van der Waals surface area contributed by atoms with E-state index in [1.807, 2.05) is 0 Å². The monoisotopic (exact) mass is 260 g/mol. The summed E-state index contributed by atoms with van der Waals surface area (Å²) >= 11 is 0. The first-order chi connectivity index (χ1) is 8.90. The molecule has 2 rings (SSSR count). The van der Waals surface area contributed by atoms with Crippen LogP contribution in [0.25, 0.3) is 0 Å². The zero-order valence-corrected chi connectivity index (χ0v) is 13.1. The van der Waals surface area contributed by atoms with Gasteiger partial charge in [-0.15, -0.1) is 0 Å². The van der Waals surface area contributed by atoms with Crippen molar-refractivity contribution >= 4 is 5.69 Å². The summed E-state index contributed by atoms with van der Waals surface area (Å²) in [5, 5.41) is 0. The third-order valence-corrected chi connectivity index (χ3v) is 4.51. The number of hydrogen-bond acceptors (Lipinski definition) is 2. The molecule has 19 heavy (non-hydrogen) atoms. The van der Waals surface area contributed by atoms with Crippen LogP contribution in [0.5, 0.6) is 0 Å². The molecule has 1 aromatic carbocycles. The van der Waals surface area contributed by atoms with E-state index in [1.54, 1.807) is 0 Å². The molecule has 1 aliphatic heterocycles. The Hall–Kier alpha value is -1.02. The summed E-state index contributed by atoms with van der Waals surface area (Å²) in [6.45, 7) is 13.3. The fourth-order valence-electron chi connectivity index (χ4n) is 3.55. The molecule has 0 aliphatic carbocycles. The first-order valence-corrected chi connectivity index (χ1v) is 7.51. The van der Waals surface area contributed by atoms with E-state index >= 15 is 0 Å². The molecule has 2 N–H and O–H groups in total. The zero-order chi connectivity index (χ0) is 14.2. The Morgan fingerprint density at radius 2 is 2.05 bits per heavy atom. The van der Waals surface area contributed by atoms with Gasteiger partial charge in [0, 0.05) is 24.3 Å². The molecule has 1 atom stereocenters. The summed E-state index contributed by atoms with van der Waals surface area (Å²) in [6, 6.07) is 4.69. The number of nitrogens with two attached hydrogens (primary N) is 1. The van der Waals surface area contributed by atoms with Crippen molar-refractivity contribution in [3.8, 4) is 0 Å². The quantitative estimate of drug-likeness (QED) is 0.891. The fraction of sp³-hybridized carbons (Fsp3) is 0.647. The van der Waals surface area contributed by atoms with E-state index in [0.29, 0.717) is 12.5 Å². The summed E-state index contributed by atoms with van der Waals surface area (Å²) in [5.74, 6) is 0.615. The number of nitrogens with zero attached hydrogens (tertiary/aromatic N) is 1. The van der Waals surface area contributed by atoms with Crippen LogP contribution in [-0.2, 0) is 6.54 Å². The molecule has 0 saturated carbocycles. The Labute approximate surface area is 118 Å². The first-order valence-electron chi connectivity index (χ1n) is 7.51. The average molecular weight is 260 g/mol. The van der Waals surface area contributed by atoms with E-state index in [2.05, 4.69) is 51.7 Å². The van der Waals surface area contributed by atoms with Crippen LogP contribution in [0.1, 0.15) is 63.1 Å². The van der Waals surface area contributed by atoms with Crippen molar-refractivity contribution in [2.75, 3.05) is 11.4 Å². The maximum Gasteiger partial charge on any atom is 0.0408 e. The van der Waals surface area contributed by atoms with Crippen LogP contribution in [0, 0.1) is 6.92 Å². The van der Waals surface area contributed by atoms with Gasteiger partial charge in [-0.25, -0.2) is 0 Å². The second kappa shape index (κ2) is 5.16. The first kappa shape index (κ1) is 14.4. The van der Waals surface area contributed by atoms with E-state index in [0.717, 1.165) is 6.54 Å². The molecule has 0 saturated heterocycles. The third-order valence-electron chi connectivity index (χ3n) is 4.51. The molecule has 106 valence electrons. The van der Waals surface area contributed by atoms with Crippen molar-refractivity contribution in [1.29, 1.82) is 0 Å². The number of rotatable bonds is 3.